The molecular weight excluding hydrogens is 360 g/mol. The SMILES string of the molecule is CCCN(Cc1ccc(C)cc1)C(=O)COC(=O)CCNC(=O)OC(C)(C)C. The molecule has 0 atom stereocenters. The molecule has 2 amide bonds. The second kappa shape index (κ2) is 11.3. The molecule has 156 valence electrons. The maximum Gasteiger partial charge on any atom is 0.407 e. The topological polar surface area (TPSA) is 84.9 Å². The molecule has 0 bridgehead atoms. The molecule has 1 aromatic carbocycles. The van der Waals surface area contributed by atoms with E-state index in [4.69, 9.17) is 9.47 Å². The lowest BCUT2D eigenvalue weighted by Gasteiger charge is -2.22. The number of aryl methyl sites for hydroxylation is 1. The van der Waals surface area contributed by atoms with Crippen molar-refractivity contribution in [3.05, 3.63) is 35.4 Å². The number of carbonyl (C=O) groups is 3. The predicted molar refractivity (Wildman–Crippen MR) is 107 cm³/mol. The number of hydrogen-bond acceptors (Lipinski definition) is 5. The Bertz CT molecular complexity index is 650. The highest BCUT2D eigenvalue weighted by molar-refractivity contribution is 5.80. The van der Waals surface area contributed by atoms with Crippen molar-refractivity contribution in [1.82, 2.24) is 10.2 Å². The van der Waals surface area contributed by atoms with Gasteiger partial charge < -0.3 is 19.7 Å². The van der Waals surface area contributed by atoms with Gasteiger partial charge >= 0.3 is 12.1 Å². The summed E-state index contributed by atoms with van der Waals surface area (Å²) in [5.41, 5.74) is 1.59. The molecule has 1 aromatic rings. The van der Waals surface area contributed by atoms with E-state index in [1.54, 1.807) is 25.7 Å². The van der Waals surface area contributed by atoms with Crippen LogP contribution in [0.2, 0.25) is 0 Å². The van der Waals surface area contributed by atoms with E-state index in [-0.39, 0.29) is 25.5 Å². The van der Waals surface area contributed by atoms with Crippen LogP contribution in [-0.2, 0) is 25.6 Å². The van der Waals surface area contributed by atoms with Crippen LogP contribution in [0.25, 0.3) is 0 Å². The van der Waals surface area contributed by atoms with Crippen LogP contribution in [0.1, 0.15) is 51.7 Å². The van der Waals surface area contributed by atoms with Gasteiger partial charge in [-0.2, -0.15) is 0 Å². The van der Waals surface area contributed by atoms with Crippen LogP contribution in [0.4, 0.5) is 4.79 Å². The molecule has 0 saturated carbocycles. The standard InChI is InChI=1S/C21H32N2O5/c1-6-13-23(14-17-9-7-16(2)8-10-17)18(24)15-27-19(25)11-12-22-20(26)28-21(3,4)5/h7-10H,6,11-15H2,1-5H3,(H,22,26). The Morgan fingerprint density at radius 3 is 2.32 bits per heavy atom. The molecule has 0 radical (unpaired) electrons. The zero-order chi connectivity index (χ0) is 21.2. The Hall–Kier alpha value is -2.57. The largest absolute Gasteiger partial charge is 0.456 e. The normalized spacial score (nSPS) is 10.9. The lowest BCUT2D eigenvalue weighted by atomic mass is 10.1. The van der Waals surface area contributed by atoms with E-state index in [0.29, 0.717) is 13.1 Å². The summed E-state index contributed by atoms with van der Waals surface area (Å²) >= 11 is 0. The first-order valence-electron chi connectivity index (χ1n) is 9.56. The molecule has 0 fully saturated rings. The minimum absolute atomic E-state index is 0.0295. The first-order valence-corrected chi connectivity index (χ1v) is 9.56. The average Bonchev–Trinajstić information content (AvgIpc) is 2.59. The van der Waals surface area contributed by atoms with Crippen molar-refractivity contribution < 1.29 is 23.9 Å². The van der Waals surface area contributed by atoms with E-state index in [9.17, 15) is 14.4 Å². The maximum atomic E-state index is 12.4. The minimum atomic E-state index is -0.600. The maximum absolute atomic E-state index is 12.4. The molecule has 1 rings (SSSR count). The summed E-state index contributed by atoms with van der Waals surface area (Å²) in [5, 5.41) is 2.48. The summed E-state index contributed by atoms with van der Waals surface area (Å²) in [4.78, 5) is 37.4. The lowest BCUT2D eigenvalue weighted by molar-refractivity contribution is -0.152. The molecule has 28 heavy (non-hydrogen) atoms. The number of ether oxygens (including phenoxy) is 2. The number of hydrogen-bond donors (Lipinski definition) is 1. The van der Waals surface area contributed by atoms with Crippen molar-refractivity contribution in [2.24, 2.45) is 0 Å². The number of benzene rings is 1. The Labute approximate surface area is 167 Å². The van der Waals surface area contributed by atoms with E-state index >= 15 is 0 Å². The number of alkyl carbamates (subject to hydrolysis) is 1. The zero-order valence-corrected chi connectivity index (χ0v) is 17.5. The van der Waals surface area contributed by atoms with Crippen molar-refractivity contribution in [3.8, 4) is 0 Å². The fourth-order valence-electron chi connectivity index (χ4n) is 2.36. The van der Waals surface area contributed by atoms with Gasteiger partial charge in [0.15, 0.2) is 6.61 Å². The second-order valence-corrected chi connectivity index (χ2v) is 7.64. The first kappa shape index (κ1) is 23.5. The number of carbonyl (C=O) groups excluding carboxylic acids is 3. The van der Waals surface area contributed by atoms with Gasteiger partial charge in [-0.25, -0.2) is 4.79 Å². The van der Waals surface area contributed by atoms with Crippen molar-refractivity contribution in [1.29, 1.82) is 0 Å². The summed E-state index contributed by atoms with van der Waals surface area (Å²) in [6.07, 6.45) is 0.187. The number of nitrogens with one attached hydrogen (secondary N) is 1. The van der Waals surface area contributed by atoms with Crippen LogP contribution in [0, 0.1) is 6.92 Å². The first-order chi connectivity index (χ1) is 13.1. The summed E-state index contributed by atoms with van der Waals surface area (Å²) in [7, 11) is 0. The summed E-state index contributed by atoms with van der Waals surface area (Å²) < 4.78 is 10.1. The predicted octanol–water partition coefficient (Wildman–Crippen LogP) is 3.19. The van der Waals surface area contributed by atoms with Gasteiger partial charge in [0.25, 0.3) is 5.91 Å². The fraction of sp³-hybridized carbons (Fsp3) is 0.571. The minimum Gasteiger partial charge on any atom is -0.456 e. The molecule has 0 aliphatic heterocycles. The van der Waals surface area contributed by atoms with Gasteiger partial charge in [-0.1, -0.05) is 36.8 Å². The molecule has 1 N–H and O–H groups in total. The Morgan fingerprint density at radius 2 is 1.75 bits per heavy atom. The average molecular weight is 392 g/mol. The molecule has 7 heteroatoms. The Morgan fingerprint density at radius 1 is 1.11 bits per heavy atom. The van der Waals surface area contributed by atoms with Crippen LogP contribution < -0.4 is 5.32 Å². The van der Waals surface area contributed by atoms with E-state index in [2.05, 4.69) is 5.32 Å². The molecule has 0 aliphatic carbocycles. The van der Waals surface area contributed by atoms with E-state index in [1.165, 1.54) is 0 Å². The smallest absolute Gasteiger partial charge is 0.407 e. The number of esters is 1. The van der Waals surface area contributed by atoms with Crippen molar-refractivity contribution >= 4 is 18.0 Å². The van der Waals surface area contributed by atoms with Crippen molar-refractivity contribution in [3.63, 3.8) is 0 Å². The highest BCUT2D eigenvalue weighted by atomic mass is 16.6. The summed E-state index contributed by atoms with van der Waals surface area (Å²) in [6.45, 7) is 10.1. The molecule has 7 nitrogen and oxygen atoms in total. The number of nitrogens with zero attached hydrogens (tertiary/aromatic N) is 1. The highest BCUT2D eigenvalue weighted by Gasteiger charge is 2.17. The molecule has 0 aromatic heterocycles. The van der Waals surface area contributed by atoms with Gasteiger partial charge in [-0.3, -0.25) is 9.59 Å². The van der Waals surface area contributed by atoms with E-state index in [0.717, 1.165) is 17.5 Å². The number of amides is 2. The van der Waals surface area contributed by atoms with Crippen LogP contribution in [0.15, 0.2) is 24.3 Å². The lowest BCUT2D eigenvalue weighted by Crippen LogP contribution is -2.36. The van der Waals surface area contributed by atoms with Gasteiger partial charge in [0.05, 0.1) is 6.42 Å². The third kappa shape index (κ3) is 9.94. The third-order valence-electron chi connectivity index (χ3n) is 3.69. The van der Waals surface area contributed by atoms with Crippen LogP contribution in [-0.4, -0.2) is 48.2 Å². The molecule has 0 spiro atoms. The number of rotatable bonds is 9. The molecule has 0 saturated heterocycles. The zero-order valence-electron chi connectivity index (χ0n) is 17.5. The molecule has 0 heterocycles. The van der Waals surface area contributed by atoms with Gasteiger partial charge in [-0.05, 0) is 39.7 Å². The third-order valence-corrected chi connectivity index (χ3v) is 3.69. The Kier molecular flexibility index (Phi) is 9.48. The summed E-state index contributed by atoms with van der Waals surface area (Å²) in [5.74, 6) is -0.785. The van der Waals surface area contributed by atoms with Gasteiger partial charge in [-0.15, -0.1) is 0 Å². The van der Waals surface area contributed by atoms with Crippen LogP contribution >= 0.6 is 0 Å². The van der Waals surface area contributed by atoms with E-state index < -0.39 is 17.7 Å². The second-order valence-electron chi connectivity index (χ2n) is 7.64. The molecule has 0 aliphatic rings. The van der Waals surface area contributed by atoms with Gasteiger partial charge in [0, 0.05) is 19.6 Å². The fourth-order valence-corrected chi connectivity index (χ4v) is 2.36. The summed E-state index contributed by atoms with van der Waals surface area (Å²) in [6, 6.07) is 7.97. The highest BCUT2D eigenvalue weighted by Crippen LogP contribution is 2.09. The molecular formula is C21H32N2O5. The molecule has 0 unspecified atom stereocenters. The quantitative estimate of drug-likeness (QED) is 0.653. The van der Waals surface area contributed by atoms with Gasteiger partial charge in [0.2, 0.25) is 0 Å². The van der Waals surface area contributed by atoms with Crippen LogP contribution in [0.5, 0.6) is 0 Å². The van der Waals surface area contributed by atoms with E-state index in [1.807, 2.05) is 38.1 Å². The van der Waals surface area contributed by atoms with Gasteiger partial charge in [0.1, 0.15) is 5.60 Å². The van der Waals surface area contributed by atoms with Crippen molar-refractivity contribution in [2.75, 3.05) is 19.7 Å². The Balaban J connectivity index is 2.39. The van der Waals surface area contributed by atoms with Crippen LogP contribution in [0.3, 0.4) is 0 Å². The van der Waals surface area contributed by atoms with Crippen molar-refractivity contribution in [2.45, 2.75) is 59.6 Å². The monoisotopic (exact) mass is 392 g/mol.